The lowest BCUT2D eigenvalue weighted by atomic mass is 10.2. The third-order valence-corrected chi connectivity index (χ3v) is 2.83. The SMILES string of the molecule is NNc1cc(C(F)(F)F)cc(SCCCO)n1. The van der Waals surface area contributed by atoms with Crippen molar-refractivity contribution < 1.29 is 18.3 Å². The van der Waals surface area contributed by atoms with Gasteiger partial charge in [-0.1, -0.05) is 0 Å². The minimum Gasteiger partial charge on any atom is -0.396 e. The van der Waals surface area contributed by atoms with Crippen LogP contribution in [0.5, 0.6) is 0 Å². The highest BCUT2D eigenvalue weighted by molar-refractivity contribution is 7.99. The summed E-state index contributed by atoms with van der Waals surface area (Å²) in [7, 11) is 0. The Kier molecular flexibility index (Phi) is 5.03. The molecule has 0 aliphatic carbocycles. The number of alkyl halides is 3. The van der Waals surface area contributed by atoms with Gasteiger partial charge in [-0.2, -0.15) is 13.2 Å². The minimum atomic E-state index is -4.43. The highest BCUT2D eigenvalue weighted by Crippen LogP contribution is 2.32. The van der Waals surface area contributed by atoms with Gasteiger partial charge in [0.2, 0.25) is 0 Å². The summed E-state index contributed by atoms with van der Waals surface area (Å²) in [5.74, 6) is 5.52. The molecule has 4 nitrogen and oxygen atoms in total. The van der Waals surface area contributed by atoms with E-state index in [0.29, 0.717) is 12.2 Å². The number of rotatable bonds is 5. The number of hydrogen-bond acceptors (Lipinski definition) is 5. The highest BCUT2D eigenvalue weighted by Gasteiger charge is 2.31. The van der Waals surface area contributed by atoms with E-state index in [0.717, 1.165) is 23.9 Å². The molecule has 1 heterocycles. The number of pyridine rings is 1. The van der Waals surface area contributed by atoms with E-state index in [1.54, 1.807) is 0 Å². The molecule has 0 atom stereocenters. The second-order valence-electron chi connectivity index (χ2n) is 3.15. The number of thioether (sulfide) groups is 1. The number of halogens is 3. The van der Waals surface area contributed by atoms with E-state index in [-0.39, 0.29) is 17.5 Å². The van der Waals surface area contributed by atoms with Gasteiger partial charge in [0, 0.05) is 12.4 Å². The van der Waals surface area contributed by atoms with E-state index in [1.165, 1.54) is 0 Å². The number of aliphatic hydroxyl groups is 1. The molecule has 0 aliphatic rings. The van der Waals surface area contributed by atoms with Crippen LogP contribution in [0.25, 0.3) is 0 Å². The first kappa shape index (κ1) is 14.1. The monoisotopic (exact) mass is 267 g/mol. The number of aliphatic hydroxyl groups excluding tert-OH is 1. The van der Waals surface area contributed by atoms with Crippen molar-refractivity contribution in [2.75, 3.05) is 17.8 Å². The fraction of sp³-hybridized carbons (Fsp3) is 0.444. The normalized spacial score (nSPS) is 11.6. The van der Waals surface area contributed by atoms with Crippen LogP contribution in [0.4, 0.5) is 19.0 Å². The van der Waals surface area contributed by atoms with Crippen molar-refractivity contribution in [2.45, 2.75) is 17.6 Å². The van der Waals surface area contributed by atoms with Crippen molar-refractivity contribution in [3.63, 3.8) is 0 Å². The van der Waals surface area contributed by atoms with Crippen LogP contribution >= 0.6 is 11.8 Å². The summed E-state index contributed by atoms with van der Waals surface area (Å²) in [6, 6.07) is 1.80. The van der Waals surface area contributed by atoms with Crippen molar-refractivity contribution in [1.29, 1.82) is 0 Å². The number of nitrogens with one attached hydrogen (secondary N) is 1. The molecule has 0 unspecified atom stereocenters. The van der Waals surface area contributed by atoms with Gasteiger partial charge >= 0.3 is 6.18 Å². The van der Waals surface area contributed by atoms with Crippen LogP contribution < -0.4 is 11.3 Å². The van der Waals surface area contributed by atoms with Crippen molar-refractivity contribution in [3.05, 3.63) is 17.7 Å². The molecule has 0 radical (unpaired) electrons. The quantitative estimate of drug-likeness (QED) is 0.329. The van der Waals surface area contributed by atoms with Crippen LogP contribution in [0.1, 0.15) is 12.0 Å². The Balaban J connectivity index is 2.89. The highest BCUT2D eigenvalue weighted by atomic mass is 32.2. The number of hydrogen-bond donors (Lipinski definition) is 3. The number of nitrogens with zero attached hydrogens (tertiary/aromatic N) is 1. The predicted molar refractivity (Wildman–Crippen MR) is 59.5 cm³/mol. The number of nitrogens with two attached hydrogens (primary N) is 1. The molecule has 17 heavy (non-hydrogen) atoms. The molecule has 0 spiro atoms. The molecule has 96 valence electrons. The third-order valence-electron chi connectivity index (χ3n) is 1.83. The Morgan fingerprint density at radius 3 is 2.65 bits per heavy atom. The molecule has 0 bridgehead atoms. The lowest BCUT2D eigenvalue weighted by molar-refractivity contribution is -0.137. The molecule has 4 N–H and O–H groups in total. The van der Waals surface area contributed by atoms with Gasteiger partial charge < -0.3 is 10.5 Å². The van der Waals surface area contributed by atoms with Crippen LogP contribution in [0.3, 0.4) is 0 Å². The zero-order valence-electron chi connectivity index (χ0n) is 8.79. The molecule has 0 aromatic carbocycles. The third kappa shape index (κ3) is 4.41. The van der Waals surface area contributed by atoms with E-state index in [9.17, 15) is 13.2 Å². The largest absolute Gasteiger partial charge is 0.416 e. The van der Waals surface area contributed by atoms with Crippen LogP contribution in [0.15, 0.2) is 17.2 Å². The van der Waals surface area contributed by atoms with E-state index in [1.807, 2.05) is 0 Å². The molecular weight excluding hydrogens is 255 g/mol. The van der Waals surface area contributed by atoms with E-state index < -0.39 is 11.7 Å². The van der Waals surface area contributed by atoms with Crippen molar-refractivity contribution in [1.82, 2.24) is 4.98 Å². The van der Waals surface area contributed by atoms with Gasteiger partial charge in [-0.3, -0.25) is 0 Å². The second kappa shape index (κ2) is 6.08. The Bertz CT molecular complexity index is 373. The van der Waals surface area contributed by atoms with Crippen molar-refractivity contribution in [2.24, 2.45) is 5.84 Å². The number of hydrazine groups is 1. The molecule has 0 saturated heterocycles. The fourth-order valence-electron chi connectivity index (χ4n) is 1.06. The first-order chi connectivity index (χ1) is 7.97. The lowest BCUT2D eigenvalue weighted by Crippen LogP contribution is -2.12. The predicted octanol–water partition coefficient (Wildman–Crippen LogP) is 1.86. The minimum absolute atomic E-state index is 0.00599. The number of aromatic nitrogens is 1. The average molecular weight is 267 g/mol. The molecule has 0 amide bonds. The Morgan fingerprint density at radius 2 is 2.12 bits per heavy atom. The molecule has 1 aromatic heterocycles. The molecule has 8 heteroatoms. The van der Waals surface area contributed by atoms with Gasteiger partial charge in [0.05, 0.1) is 10.6 Å². The van der Waals surface area contributed by atoms with Crippen LogP contribution in [0, 0.1) is 0 Å². The summed E-state index contributed by atoms with van der Waals surface area (Å²) in [6.07, 6.45) is -3.94. The van der Waals surface area contributed by atoms with Crippen LogP contribution in [-0.4, -0.2) is 22.5 Å². The summed E-state index contributed by atoms with van der Waals surface area (Å²) >= 11 is 1.14. The van der Waals surface area contributed by atoms with Gasteiger partial charge in [-0.05, 0) is 18.6 Å². The van der Waals surface area contributed by atoms with E-state index in [4.69, 9.17) is 10.9 Å². The standard InChI is InChI=1S/C9H12F3N3OS/c10-9(11,12)6-4-7(15-13)14-8(5-6)17-3-1-2-16/h4-5,16H,1-3,13H2,(H,14,15). The zero-order valence-corrected chi connectivity index (χ0v) is 9.61. The number of anilines is 1. The van der Waals surface area contributed by atoms with Gasteiger partial charge in [0.1, 0.15) is 5.82 Å². The first-order valence-electron chi connectivity index (χ1n) is 4.77. The molecule has 0 aliphatic heterocycles. The summed E-state index contributed by atoms with van der Waals surface area (Å²) in [4.78, 5) is 3.88. The van der Waals surface area contributed by atoms with Gasteiger partial charge in [-0.25, -0.2) is 10.8 Å². The molecule has 0 fully saturated rings. The average Bonchev–Trinajstić information content (AvgIpc) is 2.28. The summed E-state index contributed by atoms with van der Waals surface area (Å²) in [5, 5.41) is 8.81. The smallest absolute Gasteiger partial charge is 0.396 e. The van der Waals surface area contributed by atoms with Gasteiger partial charge in [-0.15, -0.1) is 11.8 Å². The summed E-state index contributed by atoms with van der Waals surface area (Å²) in [5.41, 5.74) is 1.30. The first-order valence-corrected chi connectivity index (χ1v) is 5.75. The maximum absolute atomic E-state index is 12.5. The molecule has 1 rings (SSSR count). The topological polar surface area (TPSA) is 71.2 Å². The van der Waals surface area contributed by atoms with Crippen molar-refractivity contribution in [3.8, 4) is 0 Å². The van der Waals surface area contributed by atoms with Gasteiger partial charge in [0.15, 0.2) is 0 Å². The Labute approximate surface area is 100 Å². The fourth-order valence-corrected chi connectivity index (χ4v) is 1.91. The van der Waals surface area contributed by atoms with Crippen LogP contribution in [-0.2, 0) is 6.18 Å². The van der Waals surface area contributed by atoms with Crippen molar-refractivity contribution >= 4 is 17.6 Å². The van der Waals surface area contributed by atoms with Crippen LogP contribution in [0.2, 0.25) is 0 Å². The molecular formula is C9H12F3N3OS. The summed E-state index contributed by atoms with van der Waals surface area (Å²) < 4.78 is 37.6. The Hall–Kier alpha value is -0.990. The summed E-state index contributed by atoms with van der Waals surface area (Å²) in [6.45, 7) is -0.00599. The molecule has 0 saturated carbocycles. The zero-order chi connectivity index (χ0) is 12.9. The second-order valence-corrected chi connectivity index (χ2v) is 4.26. The Morgan fingerprint density at radius 1 is 1.41 bits per heavy atom. The van der Waals surface area contributed by atoms with E-state index >= 15 is 0 Å². The lowest BCUT2D eigenvalue weighted by Gasteiger charge is -2.10. The number of nitrogen functional groups attached to an aromatic ring is 1. The molecule has 1 aromatic rings. The van der Waals surface area contributed by atoms with Gasteiger partial charge in [0.25, 0.3) is 0 Å². The van der Waals surface area contributed by atoms with E-state index in [2.05, 4.69) is 10.4 Å². The maximum atomic E-state index is 12.5. The maximum Gasteiger partial charge on any atom is 0.416 e.